The van der Waals surface area contributed by atoms with Gasteiger partial charge >= 0.3 is 0 Å². The zero-order valence-electron chi connectivity index (χ0n) is 12.5. The minimum absolute atomic E-state index is 0.241. The van der Waals surface area contributed by atoms with Crippen LogP contribution < -0.4 is 5.56 Å². The highest BCUT2D eigenvalue weighted by Crippen LogP contribution is 2.09. The lowest BCUT2D eigenvalue weighted by molar-refractivity contribution is 0.731. The molecule has 7 heteroatoms. The minimum atomic E-state index is -0.241. The lowest BCUT2D eigenvalue weighted by Gasteiger charge is -2.02. The molecule has 3 rings (SSSR count). The van der Waals surface area contributed by atoms with Crippen LogP contribution in [-0.2, 0) is 7.05 Å². The predicted octanol–water partition coefficient (Wildman–Crippen LogP) is 2.29. The molecule has 6 nitrogen and oxygen atoms in total. The number of rotatable bonds is 2. The first-order valence-electron chi connectivity index (χ1n) is 6.77. The first-order chi connectivity index (χ1) is 10.5. The van der Waals surface area contributed by atoms with Crippen molar-refractivity contribution < 1.29 is 0 Å². The Morgan fingerprint density at radius 2 is 2.05 bits per heavy atom. The van der Waals surface area contributed by atoms with E-state index < -0.39 is 0 Å². The fraction of sp³-hybridized carbons (Fsp3) is 0.200. The summed E-state index contributed by atoms with van der Waals surface area (Å²) in [6, 6.07) is 7.22. The van der Waals surface area contributed by atoms with Gasteiger partial charge in [-0.3, -0.25) is 9.48 Å². The van der Waals surface area contributed by atoms with Crippen molar-refractivity contribution in [3.05, 3.63) is 56.3 Å². The Balaban J connectivity index is 2.17. The third-order valence-electron chi connectivity index (χ3n) is 3.65. The Hall–Kier alpha value is -2.54. The van der Waals surface area contributed by atoms with Crippen molar-refractivity contribution >= 4 is 29.3 Å². The third kappa shape index (κ3) is 2.29. The fourth-order valence-corrected chi connectivity index (χ4v) is 2.59. The number of para-hydroxylation sites is 1. The molecule has 1 N–H and O–H groups in total. The number of aromatic amines is 1. The van der Waals surface area contributed by atoms with E-state index in [9.17, 15) is 4.79 Å². The van der Waals surface area contributed by atoms with Crippen LogP contribution in [0.1, 0.15) is 17.0 Å². The van der Waals surface area contributed by atoms with Crippen molar-refractivity contribution in [3.63, 3.8) is 0 Å². The van der Waals surface area contributed by atoms with Gasteiger partial charge in [0, 0.05) is 18.3 Å². The number of benzene rings is 1. The number of fused-ring (bicyclic) bond motifs is 1. The second-order valence-electron chi connectivity index (χ2n) is 5.05. The molecule has 0 saturated carbocycles. The van der Waals surface area contributed by atoms with E-state index in [2.05, 4.69) is 15.2 Å². The number of hydrogen-bond acceptors (Lipinski definition) is 4. The number of aromatic nitrogens is 4. The second-order valence-corrected chi connectivity index (χ2v) is 5.43. The van der Waals surface area contributed by atoms with Crippen molar-refractivity contribution in [2.24, 2.45) is 12.1 Å². The van der Waals surface area contributed by atoms with E-state index in [-0.39, 0.29) is 10.3 Å². The molecule has 0 radical (unpaired) electrons. The average Bonchev–Trinajstić information content (AvgIpc) is 2.73. The third-order valence-corrected chi connectivity index (χ3v) is 3.93. The molecule has 3 aromatic rings. The van der Waals surface area contributed by atoms with Crippen LogP contribution in [0, 0.1) is 18.6 Å². The summed E-state index contributed by atoms with van der Waals surface area (Å²) in [5.41, 5.74) is 3.18. The van der Waals surface area contributed by atoms with E-state index in [0.29, 0.717) is 10.9 Å². The van der Waals surface area contributed by atoms with Crippen LogP contribution in [0.3, 0.4) is 0 Å². The number of H-pyrrole nitrogens is 1. The SMILES string of the molecule is Cc1nn(C)c(C)c1C=Nn1c(=S)[nH]c2ccccc2c1=O. The predicted molar refractivity (Wildman–Crippen MR) is 89.1 cm³/mol. The van der Waals surface area contributed by atoms with Gasteiger partial charge in [0.05, 0.1) is 22.8 Å². The van der Waals surface area contributed by atoms with E-state index >= 15 is 0 Å². The summed E-state index contributed by atoms with van der Waals surface area (Å²) in [5, 5.41) is 9.12. The number of aryl methyl sites for hydroxylation is 2. The maximum atomic E-state index is 12.5. The molecule has 0 saturated heterocycles. The van der Waals surface area contributed by atoms with Crippen LogP contribution in [0.4, 0.5) is 0 Å². The number of nitrogens with zero attached hydrogens (tertiary/aromatic N) is 4. The largest absolute Gasteiger partial charge is 0.330 e. The summed E-state index contributed by atoms with van der Waals surface area (Å²) in [4.78, 5) is 15.5. The topological polar surface area (TPSA) is 68.0 Å². The summed E-state index contributed by atoms with van der Waals surface area (Å²) < 4.78 is 3.24. The van der Waals surface area contributed by atoms with Gasteiger partial charge in [-0.1, -0.05) is 12.1 Å². The Morgan fingerprint density at radius 3 is 2.73 bits per heavy atom. The monoisotopic (exact) mass is 313 g/mol. The van der Waals surface area contributed by atoms with Gasteiger partial charge in [-0.25, -0.2) is 0 Å². The van der Waals surface area contributed by atoms with Crippen molar-refractivity contribution in [3.8, 4) is 0 Å². The molecule has 0 fully saturated rings. The van der Waals surface area contributed by atoms with Gasteiger partial charge in [0.15, 0.2) is 0 Å². The summed E-state index contributed by atoms with van der Waals surface area (Å²) in [6.45, 7) is 3.85. The molecule has 0 aliphatic carbocycles. The fourth-order valence-electron chi connectivity index (χ4n) is 2.35. The van der Waals surface area contributed by atoms with Crippen LogP contribution in [0.2, 0.25) is 0 Å². The molecule has 0 spiro atoms. The molecule has 0 aliphatic rings. The van der Waals surface area contributed by atoms with E-state index in [4.69, 9.17) is 12.2 Å². The van der Waals surface area contributed by atoms with Gasteiger partial charge < -0.3 is 4.98 Å². The highest BCUT2D eigenvalue weighted by molar-refractivity contribution is 7.71. The highest BCUT2D eigenvalue weighted by Gasteiger charge is 2.08. The molecule has 0 bridgehead atoms. The molecule has 2 aromatic heterocycles. The van der Waals surface area contributed by atoms with Crippen LogP contribution in [-0.4, -0.2) is 25.7 Å². The molecule has 0 amide bonds. The summed E-state index contributed by atoms with van der Waals surface area (Å²) in [6.07, 6.45) is 1.62. The smallest absolute Gasteiger partial charge is 0.282 e. The quantitative estimate of drug-likeness (QED) is 0.583. The summed E-state index contributed by atoms with van der Waals surface area (Å²) in [5.74, 6) is 0. The van der Waals surface area contributed by atoms with Crippen LogP contribution >= 0.6 is 12.2 Å². The van der Waals surface area contributed by atoms with Gasteiger partial charge in [-0.05, 0) is 38.2 Å². The average molecular weight is 313 g/mol. The van der Waals surface area contributed by atoms with Gasteiger partial charge in [-0.15, -0.1) is 0 Å². The molecule has 0 unspecified atom stereocenters. The van der Waals surface area contributed by atoms with E-state index in [1.165, 1.54) is 4.68 Å². The molecule has 1 aromatic carbocycles. The van der Waals surface area contributed by atoms with Crippen molar-refractivity contribution in [1.82, 2.24) is 19.4 Å². The number of hydrogen-bond donors (Lipinski definition) is 1. The first kappa shape index (κ1) is 14.4. The minimum Gasteiger partial charge on any atom is -0.330 e. The summed E-state index contributed by atoms with van der Waals surface area (Å²) >= 11 is 5.23. The lowest BCUT2D eigenvalue weighted by Crippen LogP contribution is -2.18. The molecule has 0 atom stereocenters. The zero-order chi connectivity index (χ0) is 15.9. The molecular weight excluding hydrogens is 298 g/mol. The molecule has 2 heterocycles. The van der Waals surface area contributed by atoms with E-state index in [0.717, 1.165) is 17.0 Å². The Morgan fingerprint density at radius 1 is 1.32 bits per heavy atom. The number of nitrogens with one attached hydrogen (secondary N) is 1. The first-order valence-corrected chi connectivity index (χ1v) is 7.18. The Kier molecular flexibility index (Phi) is 3.50. The second kappa shape index (κ2) is 5.34. The van der Waals surface area contributed by atoms with Crippen molar-refractivity contribution in [2.45, 2.75) is 13.8 Å². The van der Waals surface area contributed by atoms with Crippen molar-refractivity contribution in [2.75, 3.05) is 0 Å². The molecular formula is C15H15N5OS. The Labute approximate surface area is 131 Å². The van der Waals surface area contributed by atoms with Gasteiger partial charge in [0.2, 0.25) is 4.77 Å². The van der Waals surface area contributed by atoms with Crippen LogP contribution in [0.5, 0.6) is 0 Å². The van der Waals surface area contributed by atoms with Crippen molar-refractivity contribution in [1.29, 1.82) is 0 Å². The summed E-state index contributed by atoms with van der Waals surface area (Å²) in [7, 11) is 1.87. The van der Waals surface area contributed by atoms with E-state index in [1.807, 2.05) is 39.1 Å². The maximum Gasteiger partial charge on any atom is 0.282 e. The van der Waals surface area contributed by atoms with E-state index in [1.54, 1.807) is 17.0 Å². The lowest BCUT2D eigenvalue weighted by atomic mass is 10.2. The van der Waals surface area contributed by atoms with Gasteiger partial charge in [-0.2, -0.15) is 14.9 Å². The highest BCUT2D eigenvalue weighted by atomic mass is 32.1. The van der Waals surface area contributed by atoms with Crippen LogP contribution in [0.15, 0.2) is 34.2 Å². The molecule has 112 valence electrons. The maximum absolute atomic E-state index is 12.5. The normalized spacial score (nSPS) is 11.6. The van der Waals surface area contributed by atoms with Gasteiger partial charge in [0.25, 0.3) is 5.56 Å². The Bertz CT molecular complexity index is 1010. The van der Waals surface area contributed by atoms with Gasteiger partial charge in [0.1, 0.15) is 0 Å². The zero-order valence-corrected chi connectivity index (χ0v) is 13.3. The standard InChI is InChI=1S/C15H15N5OS/c1-9-12(10(2)19(3)18-9)8-16-20-14(21)11-6-4-5-7-13(11)17-15(20)22/h4-8H,1-3H3,(H,17,22). The van der Waals surface area contributed by atoms with Crippen LogP contribution in [0.25, 0.3) is 10.9 Å². The molecule has 0 aliphatic heterocycles. The molecule has 22 heavy (non-hydrogen) atoms.